The first-order chi connectivity index (χ1) is 12.9. The molecular formula is C20H30N2O4S. The summed E-state index contributed by atoms with van der Waals surface area (Å²) in [5.41, 5.74) is 2.15. The largest absolute Gasteiger partial charge is 0.381 e. The SMILES string of the molecule is Cc1ccccc1CC(=O)N1CCCC(N(C2CCOCC2)S(C)(=O)=O)C1. The van der Waals surface area contributed by atoms with Crippen LogP contribution in [0.4, 0.5) is 0 Å². The molecular weight excluding hydrogens is 364 g/mol. The zero-order chi connectivity index (χ0) is 19.4. The van der Waals surface area contributed by atoms with Crippen molar-refractivity contribution in [1.82, 2.24) is 9.21 Å². The molecule has 150 valence electrons. The Morgan fingerprint density at radius 2 is 1.89 bits per heavy atom. The molecule has 3 rings (SSSR count). The Hall–Kier alpha value is -1.44. The lowest BCUT2D eigenvalue weighted by atomic mass is 10.00. The Morgan fingerprint density at radius 1 is 1.19 bits per heavy atom. The average Bonchev–Trinajstić information content (AvgIpc) is 2.64. The summed E-state index contributed by atoms with van der Waals surface area (Å²) in [6, 6.07) is 7.75. The van der Waals surface area contributed by atoms with Gasteiger partial charge in [0.15, 0.2) is 0 Å². The van der Waals surface area contributed by atoms with Crippen molar-refractivity contribution in [3.63, 3.8) is 0 Å². The van der Waals surface area contributed by atoms with Crippen LogP contribution in [0.5, 0.6) is 0 Å². The first kappa shape index (κ1) is 20.3. The highest BCUT2D eigenvalue weighted by atomic mass is 32.2. The summed E-state index contributed by atoms with van der Waals surface area (Å²) < 4.78 is 32.1. The summed E-state index contributed by atoms with van der Waals surface area (Å²) in [5, 5.41) is 0. The van der Waals surface area contributed by atoms with Crippen LogP contribution in [0, 0.1) is 6.92 Å². The molecule has 27 heavy (non-hydrogen) atoms. The molecule has 2 saturated heterocycles. The van der Waals surface area contributed by atoms with E-state index in [0.29, 0.717) is 32.7 Å². The summed E-state index contributed by atoms with van der Waals surface area (Å²) in [4.78, 5) is 14.7. The van der Waals surface area contributed by atoms with Crippen molar-refractivity contribution in [3.05, 3.63) is 35.4 Å². The molecule has 1 unspecified atom stereocenters. The summed E-state index contributed by atoms with van der Waals surface area (Å²) in [6.45, 7) is 4.39. The van der Waals surface area contributed by atoms with Crippen LogP contribution in [0.15, 0.2) is 24.3 Å². The number of benzene rings is 1. The number of nitrogens with zero attached hydrogens (tertiary/aromatic N) is 2. The Balaban J connectivity index is 1.71. The molecule has 6 nitrogen and oxygen atoms in total. The fourth-order valence-corrected chi connectivity index (χ4v) is 5.72. The van der Waals surface area contributed by atoms with Crippen LogP contribution < -0.4 is 0 Å². The quantitative estimate of drug-likeness (QED) is 0.766. The van der Waals surface area contributed by atoms with Crippen LogP contribution in [0.1, 0.15) is 36.8 Å². The van der Waals surface area contributed by atoms with Crippen LogP contribution in [0.3, 0.4) is 0 Å². The van der Waals surface area contributed by atoms with Crippen LogP contribution in [0.25, 0.3) is 0 Å². The van der Waals surface area contributed by atoms with Gasteiger partial charge in [0.25, 0.3) is 0 Å². The second kappa shape index (κ2) is 8.71. The molecule has 2 aliphatic rings. The number of sulfonamides is 1. The Labute approximate surface area is 162 Å². The zero-order valence-corrected chi connectivity index (χ0v) is 17.1. The number of ether oxygens (including phenoxy) is 1. The van der Waals surface area contributed by atoms with Gasteiger partial charge in [-0.3, -0.25) is 4.79 Å². The summed E-state index contributed by atoms with van der Waals surface area (Å²) >= 11 is 0. The maximum Gasteiger partial charge on any atom is 0.227 e. The predicted molar refractivity (Wildman–Crippen MR) is 105 cm³/mol. The van der Waals surface area contributed by atoms with E-state index in [4.69, 9.17) is 4.74 Å². The average molecular weight is 395 g/mol. The fourth-order valence-electron chi connectivity index (χ4n) is 4.25. The molecule has 1 aromatic rings. The third-order valence-electron chi connectivity index (χ3n) is 5.65. The predicted octanol–water partition coefficient (Wildman–Crippen LogP) is 1.97. The molecule has 1 atom stereocenters. The second-order valence-corrected chi connectivity index (χ2v) is 9.56. The molecule has 0 radical (unpaired) electrons. The van der Waals surface area contributed by atoms with E-state index in [1.165, 1.54) is 6.26 Å². The van der Waals surface area contributed by atoms with Crippen LogP contribution in [-0.2, 0) is 26.0 Å². The van der Waals surface area contributed by atoms with Crippen molar-refractivity contribution < 1.29 is 17.9 Å². The molecule has 7 heteroatoms. The van der Waals surface area contributed by atoms with Gasteiger partial charge in [0.2, 0.25) is 15.9 Å². The van der Waals surface area contributed by atoms with E-state index in [9.17, 15) is 13.2 Å². The maximum absolute atomic E-state index is 12.9. The lowest BCUT2D eigenvalue weighted by Crippen LogP contribution is -2.55. The monoisotopic (exact) mass is 394 g/mol. The smallest absolute Gasteiger partial charge is 0.227 e. The van der Waals surface area contributed by atoms with Gasteiger partial charge in [-0.1, -0.05) is 24.3 Å². The number of aryl methyl sites for hydroxylation is 1. The van der Waals surface area contributed by atoms with Gasteiger partial charge in [-0.15, -0.1) is 0 Å². The summed E-state index contributed by atoms with van der Waals surface area (Å²) in [7, 11) is -3.34. The first-order valence-electron chi connectivity index (χ1n) is 9.75. The van der Waals surface area contributed by atoms with Gasteiger partial charge in [-0.2, -0.15) is 4.31 Å². The van der Waals surface area contributed by atoms with E-state index < -0.39 is 10.0 Å². The second-order valence-electron chi connectivity index (χ2n) is 7.68. The van der Waals surface area contributed by atoms with Gasteiger partial charge in [0.1, 0.15) is 0 Å². The topological polar surface area (TPSA) is 66.9 Å². The number of carbonyl (C=O) groups is 1. The number of carbonyl (C=O) groups excluding carboxylic acids is 1. The number of hydrogen-bond acceptors (Lipinski definition) is 4. The van der Waals surface area contributed by atoms with Crippen molar-refractivity contribution >= 4 is 15.9 Å². The summed E-state index contributed by atoms with van der Waals surface area (Å²) in [5.74, 6) is 0.0782. The van der Waals surface area contributed by atoms with Gasteiger partial charge < -0.3 is 9.64 Å². The zero-order valence-electron chi connectivity index (χ0n) is 16.3. The standard InChI is InChI=1S/C20H30N2O4S/c1-16-6-3-4-7-17(16)14-20(23)21-11-5-8-19(15-21)22(27(2,24)25)18-9-12-26-13-10-18/h3-4,6-7,18-19H,5,8-15H2,1-2H3. The summed E-state index contributed by atoms with van der Waals surface area (Å²) in [6.07, 6.45) is 4.74. The molecule has 0 saturated carbocycles. The molecule has 0 aliphatic carbocycles. The van der Waals surface area contributed by atoms with Gasteiger partial charge in [0, 0.05) is 38.4 Å². The van der Waals surface area contributed by atoms with Gasteiger partial charge >= 0.3 is 0 Å². The van der Waals surface area contributed by atoms with Crippen LogP contribution in [0.2, 0.25) is 0 Å². The number of hydrogen-bond donors (Lipinski definition) is 0. The minimum Gasteiger partial charge on any atom is -0.381 e. The highest BCUT2D eigenvalue weighted by Gasteiger charge is 2.37. The van der Waals surface area contributed by atoms with E-state index in [1.54, 1.807) is 4.31 Å². The molecule has 1 aromatic carbocycles. The van der Waals surface area contributed by atoms with Crippen LogP contribution in [-0.4, -0.2) is 68.2 Å². The highest BCUT2D eigenvalue weighted by molar-refractivity contribution is 7.88. The van der Waals surface area contributed by atoms with E-state index >= 15 is 0 Å². The van der Waals surface area contributed by atoms with Gasteiger partial charge in [-0.05, 0) is 43.7 Å². The van der Waals surface area contributed by atoms with Crippen molar-refractivity contribution in [2.45, 2.75) is 51.1 Å². The normalized spacial score (nSPS) is 22.2. The number of amides is 1. The lowest BCUT2D eigenvalue weighted by molar-refractivity contribution is -0.132. The van der Waals surface area contributed by atoms with Crippen molar-refractivity contribution in [2.24, 2.45) is 0 Å². The molecule has 2 heterocycles. The van der Waals surface area contributed by atoms with Gasteiger partial charge in [-0.25, -0.2) is 8.42 Å². The Kier molecular flexibility index (Phi) is 6.55. The lowest BCUT2D eigenvalue weighted by Gasteiger charge is -2.42. The van der Waals surface area contributed by atoms with Crippen molar-refractivity contribution in [2.75, 3.05) is 32.6 Å². The van der Waals surface area contributed by atoms with Gasteiger partial charge in [0.05, 0.1) is 12.7 Å². The molecule has 2 aliphatic heterocycles. The Bertz CT molecular complexity index is 759. The van der Waals surface area contributed by atoms with E-state index in [1.807, 2.05) is 36.1 Å². The molecule has 0 spiro atoms. The molecule has 0 bridgehead atoms. The number of likely N-dealkylation sites (tertiary alicyclic amines) is 1. The molecule has 2 fully saturated rings. The minimum atomic E-state index is -3.34. The molecule has 1 amide bonds. The number of piperidine rings is 1. The molecule has 0 aromatic heterocycles. The number of rotatable bonds is 5. The van der Waals surface area contributed by atoms with E-state index in [0.717, 1.165) is 36.8 Å². The maximum atomic E-state index is 12.9. The third kappa shape index (κ3) is 5.09. The minimum absolute atomic E-state index is 0.0230. The first-order valence-corrected chi connectivity index (χ1v) is 11.6. The molecule has 0 N–H and O–H groups in total. The van der Waals surface area contributed by atoms with Crippen molar-refractivity contribution in [3.8, 4) is 0 Å². The fraction of sp³-hybridized carbons (Fsp3) is 0.650. The van der Waals surface area contributed by atoms with Crippen LogP contribution >= 0.6 is 0 Å². The van der Waals surface area contributed by atoms with E-state index in [-0.39, 0.29) is 18.0 Å². The van der Waals surface area contributed by atoms with Crippen molar-refractivity contribution in [1.29, 1.82) is 0 Å². The van der Waals surface area contributed by atoms with E-state index in [2.05, 4.69) is 0 Å². The Morgan fingerprint density at radius 3 is 2.56 bits per heavy atom. The highest BCUT2D eigenvalue weighted by Crippen LogP contribution is 2.26. The third-order valence-corrected chi connectivity index (χ3v) is 7.01.